The average molecular weight is 1160 g/mol. The number of amides is 4. The monoisotopic (exact) mass is 1160 g/mol. The van der Waals surface area contributed by atoms with Crippen LogP contribution in [0.25, 0.3) is 21.5 Å². The Morgan fingerprint density at radius 1 is 0.427 bits per heavy atom. The van der Waals surface area contributed by atoms with Gasteiger partial charge in [-0.15, -0.1) is 0 Å². The molecule has 0 bridgehead atoms. The highest BCUT2D eigenvalue weighted by atomic mass is 32.2. The lowest BCUT2D eigenvalue weighted by Gasteiger charge is -2.36. The summed E-state index contributed by atoms with van der Waals surface area (Å²) >= 11 is 0. The van der Waals surface area contributed by atoms with Crippen LogP contribution in [0.1, 0.15) is 104 Å². The largest absolute Gasteiger partial charge is 0.388 e. The lowest BCUT2D eigenvalue weighted by molar-refractivity contribution is -0.134. The maximum absolute atomic E-state index is 14.9. The summed E-state index contributed by atoms with van der Waals surface area (Å²) < 4.78 is 53.2. The fourth-order valence-corrected chi connectivity index (χ4v) is 12.8. The molecule has 14 nitrogen and oxygen atoms in total. The van der Waals surface area contributed by atoms with E-state index in [2.05, 4.69) is 21.3 Å². The van der Waals surface area contributed by atoms with Crippen molar-refractivity contribution in [2.24, 2.45) is 23.7 Å². The molecule has 442 valence electrons. The molecule has 0 aliphatic carbocycles. The van der Waals surface area contributed by atoms with Gasteiger partial charge in [-0.2, -0.15) is 0 Å². The molecule has 0 aromatic heterocycles. The molecule has 0 radical (unpaired) electrons. The van der Waals surface area contributed by atoms with Crippen LogP contribution in [-0.4, -0.2) is 108 Å². The van der Waals surface area contributed by atoms with Crippen molar-refractivity contribution in [2.75, 3.05) is 11.5 Å². The zero-order valence-electron chi connectivity index (χ0n) is 49.3. The van der Waals surface area contributed by atoms with Crippen LogP contribution in [0.3, 0.4) is 0 Å². The van der Waals surface area contributed by atoms with E-state index in [9.17, 15) is 46.2 Å². The van der Waals surface area contributed by atoms with E-state index in [1.807, 2.05) is 135 Å². The summed E-state index contributed by atoms with van der Waals surface area (Å²) in [7, 11) is -7.72. The van der Waals surface area contributed by atoms with Gasteiger partial charge in [0.1, 0.15) is 24.3 Å². The van der Waals surface area contributed by atoms with Gasteiger partial charge < -0.3 is 31.5 Å². The molecule has 0 saturated carbocycles. The first-order valence-electron chi connectivity index (χ1n) is 28.7. The van der Waals surface area contributed by atoms with Gasteiger partial charge in [-0.3, -0.25) is 19.2 Å². The summed E-state index contributed by atoms with van der Waals surface area (Å²) in [6.07, 6.45) is -2.51. The summed E-state index contributed by atoms with van der Waals surface area (Å²) in [5.74, 6) is -6.75. The van der Waals surface area contributed by atoms with Crippen LogP contribution < -0.4 is 21.3 Å². The molecule has 0 fully saturated rings. The third-order valence-corrected chi connectivity index (χ3v) is 21.6. The summed E-state index contributed by atoms with van der Waals surface area (Å²) in [4.78, 5) is 59.3. The number of hydrogen-bond acceptors (Lipinski definition) is 10. The van der Waals surface area contributed by atoms with Crippen LogP contribution in [0.2, 0.25) is 0 Å². The Labute approximate surface area is 486 Å². The molecule has 0 heterocycles. The van der Waals surface area contributed by atoms with Crippen molar-refractivity contribution in [1.82, 2.24) is 21.3 Å². The van der Waals surface area contributed by atoms with E-state index in [0.29, 0.717) is 24.0 Å². The van der Waals surface area contributed by atoms with Gasteiger partial charge in [-0.1, -0.05) is 186 Å². The molecule has 16 heteroatoms. The van der Waals surface area contributed by atoms with E-state index in [4.69, 9.17) is 0 Å². The second-order valence-electron chi connectivity index (χ2n) is 24.2. The highest BCUT2D eigenvalue weighted by Crippen LogP contribution is 2.29. The standard InChI is InChI=1S/C66H86N4O10S2/c1-11-43(3)57(69-61(73)51(41-81(77,78)65(5,6)7)39-49-33-23-31-47-29-19-21-35-53(47)49)63(75)67-55(37-45-25-15-13-16-26-45)59(71)60(72)56(38-46-27-17-14-18-28-46)68-64(76)58(44(4)12-2)70-62(74)52(42-82(79,80)66(8,9)10)40-50-34-24-32-48-30-20-22-36-54(48)50/h13-36,43-44,51-52,55-60,71-72H,11-12,37-42H2,1-10H3,(H,67,75)(H,68,76)(H,69,73)(H,70,74)/t43?,44?,51-,52+,55-,56-,57-,58-,59+,60+/m0/s1. The molecule has 6 aromatic rings. The third kappa shape index (κ3) is 16.9. The van der Waals surface area contributed by atoms with Gasteiger partial charge >= 0.3 is 0 Å². The molecule has 6 rings (SSSR count). The van der Waals surface area contributed by atoms with Crippen molar-refractivity contribution in [2.45, 2.75) is 154 Å². The lowest BCUT2D eigenvalue weighted by Crippen LogP contribution is -2.62. The fraction of sp³-hybridized carbons (Fsp3) is 0.455. The molecule has 0 aliphatic heterocycles. The maximum Gasteiger partial charge on any atom is 0.243 e. The lowest BCUT2D eigenvalue weighted by atomic mass is 9.89. The van der Waals surface area contributed by atoms with Gasteiger partial charge in [0.25, 0.3) is 0 Å². The fourth-order valence-electron chi connectivity index (χ4n) is 10.2. The Hall–Kier alpha value is -6.46. The molecular formula is C66H86N4O10S2. The molecule has 2 unspecified atom stereocenters. The predicted octanol–water partition coefficient (Wildman–Crippen LogP) is 8.68. The molecule has 10 atom stereocenters. The van der Waals surface area contributed by atoms with E-state index in [1.165, 1.54) is 0 Å². The summed E-state index contributed by atoms with van der Waals surface area (Å²) in [5.41, 5.74) is 2.94. The number of carbonyl (C=O) groups is 4. The number of rotatable bonds is 27. The molecule has 0 saturated heterocycles. The van der Waals surface area contributed by atoms with E-state index < -0.39 is 124 Å². The van der Waals surface area contributed by atoms with E-state index in [1.54, 1.807) is 79.7 Å². The molecule has 4 amide bonds. The van der Waals surface area contributed by atoms with Gasteiger partial charge in [0.2, 0.25) is 23.6 Å². The number of aliphatic hydroxyl groups is 2. The molecule has 6 N–H and O–H groups in total. The van der Waals surface area contributed by atoms with Crippen LogP contribution >= 0.6 is 0 Å². The average Bonchev–Trinajstić information content (AvgIpc) is 3.52. The van der Waals surface area contributed by atoms with Crippen molar-refractivity contribution in [1.29, 1.82) is 0 Å². The van der Waals surface area contributed by atoms with Crippen molar-refractivity contribution in [3.05, 3.63) is 168 Å². The van der Waals surface area contributed by atoms with Crippen molar-refractivity contribution >= 4 is 64.8 Å². The topological polar surface area (TPSA) is 225 Å². The quantitative estimate of drug-likeness (QED) is 0.0288. The highest BCUT2D eigenvalue weighted by molar-refractivity contribution is 7.93. The van der Waals surface area contributed by atoms with E-state index >= 15 is 0 Å². The number of sulfone groups is 2. The summed E-state index contributed by atoms with van der Waals surface area (Å²) in [6.45, 7) is 16.8. The first-order valence-corrected chi connectivity index (χ1v) is 32.0. The second kappa shape index (κ2) is 28.2. The first-order chi connectivity index (χ1) is 38.6. The normalized spacial score (nSPS) is 16.1. The van der Waals surface area contributed by atoms with Crippen molar-refractivity contribution < 1.29 is 46.2 Å². The molecule has 6 aromatic carbocycles. The van der Waals surface area contributed by atoms with E-state index in [0.717, 1.165) is 32.7 Å². The molecule has 82 heavy (non-hydrogen) atoms. The van der Waals surface area contributed by atoms with E-state index in [-0.39, 0.29) is 25.7 Å². The van der Waals surface area contributed by atoms with Gasteiger partial charge in [-0.05, 0) is 123 Å². The Bertz CT molecular complexity index is 3110. The number of fused-ring (bicyclic) bond motifs is 2. The molecular weight excluding hydrogens is 1070 g/mol. The van der Waals surface area contributed by atoms with Gasteiger partial charge in [0, 0.05) is 0 Å². The Kier molecular flexibility index (Phi) is 22.3. The Morgan fingerprint density at radius 3 is 1.07 bits per heavy atom. The van der Waals surface area contributed by atoms with Crippen LogP contribution in [-0.2, 0) is 64.5 Å². The summed E-state index contributed by atoms with van der Waals surface area (Å²) in [6, 6.07) is 39.8. The number of aliphatic hydroxyl groups excluding tert-OH is 2. The smallest absolute Gasteiger partial charge is 0.243 e. The van der Waals surface area contributed by atoms with Crippen molar-refractivity contribution in [3.8, 4) is 0 Å². The minimum atomic E-state index is -3.86. The summed E-state index contributed by atoms with van der Waals surface area (Å²) in [5, 5.41) is 40.5. The van der Waals surface area contributed by atoms with Crippen LogP contribution in [0.4, 0.5) is 0 Å². The number of benzene rings is 6. The number of carbonyl (C=O) groups excluding carboxylic acids is 4. The van der Waals surface area contributed by atoms with Crippen molar-refractivity contribution in [3.63, 3.8) is 0 Å². The second-order valence-corrected chi connectivity index (χ2v) is 29.8. The number of nitrogens with one attached hydrogen (secondary N) is 4. The zero-order chi connectivity index (χ0) is 60.2. The first kappa shape index (κ1) is 64.7. The highest BCUT2D eigenvalue weighted by Gasteiger charge is 2.41. The third-order valence-electron chi connectivity index (χ3n) is 16.2. The molecule has 0 spiro atoms. The van der Waals surface area contributed by atoms with Crippen LogP contribution in [0.15, 0.2) is 146 Å². The van der Waals surface area contributed by atoms with Crippen LogP contribution in [0, 0.1) is 23.7 Å². The van der Waals surface area contributed by atoms with Gasteiger partial charge in [-0.25, -0.2) is 16.8 Å². The minimum absolute atomic E-state index is 0.00658. The predicted molar refractivity (Wildman–Crippen MR) is 328 cm³/mol. The minimum Gasteiger partial charge on any atom is -0.388 e. The van der Waals surface area contributed by atoms with Gasteiger partial charge in [0.05, 0.1) is 44.9 Å². The zero-order valence-corrected chi connectivity index (χ0v) is 50.9. The van der Waals surface area contributed by atoms with Crippen LogP contribution in [0.5, 0.6) is 0 Å². The molecule has 0 aliphatic rings. The SMILES string of the molecule is CCC(C)[C@H](NC(=O)[C@H](Cc1cccc2ccccc12)CS(=O)(=O)C(C)(C)C)C(=O)N[C@@H](Cc1ccccc1)[C@@H](O)[C@H](O)[C@H](Cc1ccccc1)NC(=O)[C@@H](NC(=O)[C@@H](Cc1cccc2ccccc12)CS(=O)(=O)C(C)(C)C)C(C)CC. The number of hydrogen-bond donors (Lipinski definition) is 6. The van der Waals surface area contributed by atoms with Gasteiger partial charge in [0.15, 0.2) is 19.7 Å². The Morgan fingerprint density at radius 2 is 0.744 bits per heavy atom. The Balaban J connectivity index is 1.31. The maximum atomic E-state index is 14.9.